The van der Waals surface area contributed by atoms with E-state index in [1.807, 2.05) is 12.1 Å². The minimum atomic E-state index is -0.207. The highest BCUT2D eigenvalue weighted by Crippen LogP contribution is 2.30. The molecule has 0 atom stereocenters. The molecule has 0 spiro atoms. The van der Waals surface area contributed by atoms with Crippen LogP contribution in [0.2, 0.25) is 0 Å². The van der Waals surface area contributed by atoms with Crippen molar-refractivity contribution in [3.8, 4) is 11.5 Å². The maximum absolute atomic E-state index is 12.5. The Morgan fingerprint density at radius 2 is 1.81 bits per heavy atom. The zero-order valence-electron chi connectivity index (χ0n) is 14.4. The topological polar surface area (TPSA) is 72.9 Å². The van der Waals surface area contributed by atoms with Crippen LogP contribution in [0.4, 0.5) is 11.5 Å². The molecule has 1 aromatic carbocycles. The number of aromatic nitrogens is 1. The highest BCUT2D eigenvalue weighted by atomic mass is 16.5. The number of nitrogens with zero attached hydrogens (tertiary/aromatic N) is 2. The normalized spacial score (nSPS) is 16.7. The number of benzene rings is 1. The molecule has 0 unspecified atom stereocenters. The number of anilines is 2. The quantitative estimate of drug-likeness (QED) is 0.911. The number of fused-ring (bicyclic) bond motifs is 1. The van der Waals surface area contributed by atoms with Gasteiger partial charge in [-0.3, -0.25) is 4.79 Å². The summed E-state index contributed by atoms with van der Waals surface area (Å²) >= 11 is 0. The molecule has 1 N–H and O–H groups in total. The van der Waals surface area contributed by atoms with E-state index in [9.17, 15) is 4.79 Å². The van der Waals surface area contributed by atoms with Crippen molar-refractivity contribution in [1.82, 2.24) is 4.98 Å². The van der Waals surface area contributed by atoms with Gasteiger partial charge < -0.3 is 24.4 Å². The first kappa shape index (κ1) is 16.7. The van der Waals surface area contributed by atoms with E-state index in [0.29, 0.717) is 49.2 Å². The summed E-state index contributed by atoms with van der Waals surface area (Å²) in [6.07, 6.45) is 2.50. The number of ether oxygens (including phenoxy) is 3. The number of rotatable bonds is 3. The minimum Gasteiger partial charge on any atom is -0.490 e. The number of hydrogen-bond donors (Lipinski definition) is 1. The van der Waals surface area contributed by atoms with E-state index in [-0.39, 0.29) is 5.91 Å². The third kappa shape index (κ3) is 3.72. The zero-order valence-corrected chi connectivity index (χ0v) is 14.4. The zero-order chi connectivity index (χ0) is 17.8. The standard InChI is InChI=1S/C19H21N3O4/c23-19(14-2-4-16-17(12-14)26-9-1-8-25-16)21-15-3-5-18(20-13-15)22-6-10-24-11-7-22/h2-5,12-13H,1,6-11H2,(H,21,23). The molecule has 136 valence electrons. The van der Waals surface area contributed by atoms with Crippen molar-refractivity contribution in [1.29, 1.82) is 0 Å². The molecule has 1 fully saturated rings. The third-order valence-corrected chi connectivity index (χ3v) is 4.35. The van der Waals surface area contributed by atoms with Gasteiger partial charge >= 0.3 is 0 Å². The van der Waals surface area contributed by atoms with E-state index in [4.69, 9.17) is 14.2 Å². The lowest BCUT2D eigenvalue weighted by Crippen LogP contribution is -2.36. The summed E-state index contributed by atoms with van der Waals surface area (Å²) in [6.45, 7) is 4.30. The van der Waals surface area contributed by atoms with Gasteiger partial charge in [0.05, 0.1) is 38.3 Å². The Morgan fingerprint density at radius 3 is 2.58 bits per heavy atom. The van der Waals surface area contributed by atoms with Crippen molar-refractivity contribution in [3.05, 3.63) is 42.1 Å². The lowest BCUT2D eigenvalue weighted by atomic mass is 10.2. The highest BCUT2D eigenvalue weighted by Gasteiger charge is 2.15. The van der Waals surface area contributed by atoms with E-state index in [0.717, 1.165) is 25.3 Å². The summed E-state index contributed by atoms with van der Waals surface area (Å²) in [7, 11) is 0. The van der Waals surface area contributed by atoms with Gasteiger partial charge in [0.2, 0.25) is 0 Å². The molecule has 1 aromatic heterocycles. The second kappa shape index (κ2) is 7.61. The lowest BCUT2D eigenvalue weighted by molar-refractivity contribution is 0.102. The van der Waals surface area contributed by atoms with Crippen LogP contribution in [0.15, 0.2) is 36.5 Å². The van der Waals surface area contributed by atoms with Crippen LogP contribution >= 0.6 is 0 Å². The fourth-order valence-electron chi connectivity index (χ4n) is 2.95. The van der Waals surface area contributed by atoms with Crippen LogP contribution in [0.1, 0.15) is 16.8 Å². The summed E-state index contributed by atoms with van der Waals surface area (Å²) in [6, 6.07) is 8.99. The van der Waals surface area contributed by atoms with Crippen molar-refractivity contribution in [3.63, 3.8) is 0 Å². The number of hydrogen-bond acceptors (Lipinski definition) is 6. The number of morpholine rings is 1. The van der Waals surface area contributed by atoms with E-state index < -0.39 is 0 Å². The predicted octanol–water partition coefficient (Wildman–Crippen LogP) is 2.33. The Morgan fingerprint density at radius 1 is 1.00 bits per heavy atom. The third-order valence-electron chi connectivity index (χ3n) is 4.35. The molecule has 0 aliphatic carbocycles. The molecule has 1 amide bonds. The minimum absolute atomic E-state index is 0.207. The second-order valence-electron chi connectivity index (χ2n) is 6.17. The van der Waals surface area contributed by atoms with Crippen molar-refractivity contribution >= 4 is 17.4 Å². The van der Waals surface area contributed by atoms with Crippen LogP contribution < -0.4 is 19.7 Å². The fraction of sp³-hybridized carbons (Fsp3) is 0.368. The van der Waals surface area contributed by atoms with Gasteiger partial charge in [-0.2, -0.15) is 0 Å². The molecule has 3 heterocycles. The van der Waals surface area contributed by atoms with Gasteiger partial charge in [-0.1, -0.05) is 0 Å². The first-order chi connectivity index (χ1) is 12.8. The molecule has 1 saturated heterocycles. The van der Waals surface area contributed by atoms with Gasteiger partial charge in [0, 0.05) is 25.1 Å². The number of pyridine rings is 1. The Bertz CT molecular complexity index is 773. The van der Waals surface area contributed by atoms with Crippen LogP contribution in [-0.4, -0.2) is 50.4 Å². The molecule has 0 bridgehead atoms. The van der Waals surface area contributed by atoms with Crippen LogP contribution in [0.3, 0.4) is 0 Å². The Balaban J connectivity index is 1.43. The molecule has 7 nitrogen and oxygen atoms in total. The van der Waals surface area contributed by atoms with E-state index >= 15 is 0 Å². The fourth-order valence-corrected chi connectivity index (χ4v) is 2.95. The summed E-state index contributed by atoms with van der Waals surface area (Å²) < 4.78 is 16.6. The second-order valence-corrected chi connectivity index (χ2v) is 6.17. The monoisotopic (exact) mass is 355 g/mol. The number of amides is 1. The van der Waals surface area contributed by atoms with Crippen molar-refractivity contribution in [2.75, 3.05) is 49.7 Å². The first-order valence-corrected chi connectivity index (χ1v) is 8.79. The smallest absolute Gasteiger partial charge is 0.255 e. The van der Waals surface area contributed by atoms with Gasteiger partial charge in [-0.05, 0) is 30.3 Å². The van der Waals surface area contributed by atoms with E-state index in [1.165, 1.54) is 0 Å². The van der Waals surface area contributed by atoms with Crippen LogP contribution in [0, 0.1) is 0 Å². The first-order valence-electron chi connectivity index (χ1n) is 8.79. The van der Waals surface area contributed by atoms with Crippen LogP contribution in [0.25, 0.3) is 0 Å². The summed E-state index contributed by atoms with van der Waals surface area (Å²) in [4.78, 5) is 19.1. The summed E-state index contributed by atoms with van der Waals surface area (Å²) in [5.41, 5.74) is 1.17. The molecule has 0 saturated carbocycles. The van der Waals surface area contributed by atoms with Gasteiger partial charge in [0.1, 0.15) is 5.82 Å². The Labute approximate surface area is 151 Å². The highest BCUT2D eigenvalue weighted by molar-refractivity contribution is 6.04. The Hall–Kier alpha value is -2.80. The van der Waals surface area contributed by atoms with Crippen LogP contribution in [-0.2, 0) is 4.74 Å². The molecule has 26 heavy (non-hydrogen) atoms. The summed E-state index contributed by atoms with van der Waals surface area (Å²) in [5.74, 6) is 1.97. The number of carbonyl (C=O) groups is 1. The Kier molecular flexibility index (Phi) is 4.88. The van der Waals surface area contributed by atoms with Gasteiger partial charge in [0.25, 0.3) is 5.91 Å². The molecule has 2 aliphatic heterocycles. The van der Waals surface area contributed by atoms with Crippen LogP contribution in [0.5, 0.6) is 11.5 Å². The molecular formula is C19H21N3O4. The molecule has 2 aromatic rings. The number of nitrogens with one attached hydrogen (secondary N) is 1. The van der Waals surface area contributed by atoms with Gasteiger partial charge in [-0.15, -0.1) is 0 Å². The van der Waals surface area contributed by atoms with Gasteiger partial charge in [-0.25, -0.2) is 4.98 Å². The predicted molar refractivity (Wildman–Crippen MR) is 97.3 cm³/mol. The van der Waals surface area contributed by atoms with Gasteiger partial charge in [0.15, 0.2) is 11.5 Å². The number of carbonyl (C=O) groups excluding carboxylic acids is 1. The molecule has 4 rings (SSSR count). The van der Waals surface area contributed by atoms with Crippen molar-refractivity contribution < 1.29 is 19.0 Å². The largest absolute Gasteiger partial charge is 0.490 e. The molecule has 0 radical (unpaired) electrons. The maximum atomic E-state index is 12.5. The maximum Gasteiger partial charge on any atom is 0.255 e. The SMILES string of the molecule is O=C(Nc1ccc(N2CCOCC2)nc1)c1ccc2c(c1)OCCCO2. The summed E-state index contributed by atoms with van der Waals surface area (Å²) in [5, 5.41) is 2.87. The molecule has 7 heteroatoms. The van der Waals surface area contributed by atoms with Crippen molar-refractivity contribution in [2.45, 2.75) is 6.42 Å². The average Bonchev–Trinajstić information content (AvgIpc) is 2.94. The average molecular weight is 355 g/mol. The lowest BCUT2D eigenvalue weighted by Gasteiger charge is -2.27. The van der Waals surface area contributed by atoms with E-state index in [2.05, 4.69) is 15.2 Å². The van der Waals surface area contributed by atoms with E-state index in [1.54, 1.807) is 24.4 Å². The van der Waals surface area contributed by atoms with Crippen molar-refractivity contribution in [2.24, 2.45) is 0 Å². The molecule has 2 aliphatic rings. The molecular weight excluding hydrogens is 334 g/mol.